The predicted octanol–water partition coefficient (Wildman–Crippen LogP) is 5.34. The van der Waals surface area contributed by atoms with Crippen molar-refractivity contribution < 1.29 is 9.09 Å². The van der Waals surface area contributed by atoms with E-state index >= 15 is 0 Å². The number of aryl methyl sites for hydroxylation is 3. The summed E-state index contributed by atoms with van der Waals surface area (Å²) < 4.78 is 16.7. The summed E-state index contributed by atoms with van der Waals surface area (Å²) in [5, 5.41) is 0. The van der Waals surface area contributed by atoms with Gasteiger partial charge in [0, 0.05) is 0 Å². The van der Waals surface area contributed by atoms with Crippen molar-refractivity contribution in [2.75, 3.05) is 6.16 Å². The molecule has 3 heteroatoms. The van der Waals surface area contributed by atoms with Crippen LogP contribution in [0.3, 0.4) is 0 Å². The summed E-state index contributed by atoms with van der Waals surface area (Å²) in [6.07, 6.45) is 1.46. The van der Waals surface area contributed by atoms with Crippen LogP contribution in [-0.2, 0) is 11.0 Å². The molecule has 2 aromatic carbocycles. The zero-order valence-electron chi connectivity index (χ0n) is 13.1. The van der Waals surface area contributed by atoms with E-state index in [1.54, 1.807) is 0 Å². The van der Waals surface area contributed by atoms with Gasteiger partial charge >= 0.3 is 8.03 Å². The number of benzene rings is 2. The normalized spacial score (nSPS) is 11.3. The van der Waals surface area contributed by atoms with E-state index in [9.17, 15) is 4.57 Å². The molecule has 0 radical (unpaired) electrons. The average molecular weight is 301 g/mol. The van der Waals surface area contributed by atoms with E-state index in [0.717, 1.165) is 6.42 Å². The molecule has 2 aromatic rings. The molecule has 0 aliphatic carbocycles. The lowest BCUT2D eigenvalue weighted by Gasteiger charge is -2.11. The molecule has 0 aromatic heterocycles. The molecular weight excluding hydrogens is 279 g/mol. The Morgan fingerprint density at radius 1 is 1.00 bits per heavy atom. The van der Waals surface area contributed by atoms with Crippen LogP contribution in [0.4, 0.5) is 0 Å². The molecule has 0 amide bonds. The van der Waals surface area contributed by atoms with Gasteiger partial charge in [0.1, 0.15) is 0 Å². The minimum atomic E-state index is -1.58. The van der Waals surface area contributed by atoms with Crippen LogP contribution < -0.4 is 4.52 Å². The maximum absolute atomic E-state index is 11.4. The lowest BCUT2D eigenvalue weighted by atomic mass is 9.94. The van der Waals surface area contributed by atoms with Crippen molar-refractivity contribution in [2.24, 2.45) is 0 Å². The second-order valence-electron chi connectivity index (χ2n) is 5.44. The first-order valence-corrected chi connectivity index (χ1v) is 8.64. The highest BCUT2D eigenvalue weighted by atomic mass is 31.1. The summed E-state index contributed by atoms with van der Waals surface area (Å²) in [7, 11) is -1.58. The Hall–Kier alpha value is -1.66. The first kappa shape index (κ1) is 15.7. The molecule has 0 heterocycles. The zero-order valence-corrected chi connectivity index (χ0v) is 14.0. The molecule has 0 aliphatic heterocycles. The van der Waals surface area contributed by atoms with E-state index in [0.29, 0.717) is 11.9 Å². The standard InChI is InChI=1S/C18H22O2P/c1-5-21(19)20-17-8-6-16(7-9-17)12-18-14(3)10-13(2)11-15(18)4/h6-11H,5,12H2,1-4H3/q+1. The van der Waals surface area contributed by atoms with Crippen molar-refractivity contribution in [1.82, 2.24) is 0 Å². The Morgan fingerprint density at radius 2 is 1.57 bits per heavy atom. The van der Waals surface area contributed by atoms with Crippen LogP contribution in [-0.4, -0.2) is 6.16 Å². The summed E-state index contributed by atoms with van der Waals surface area (Å²) in [4.78, 5) is 0. The summed E-state index contributed by atoms with van der Waals surface area (Å²) in [5.74, 6) is 0.680. The minimum absolute atomic E-state index is 0.541. The Morgan fingerprint density at radius 3 is 2.10 bits per heavy atom. The molecular formula is C18H22O2P+. The molecule has 0 aliphatic rings. The highest BCUT2D eigenvalue weighted by molar-refractivity contribution is 7.39. The van der Waals surface area contributed by atoms with E-state index in [1.165, 1.54) is 27.8 Å². The lowest BCUT2D eigenvalue weighted by molar-refractivity contribution is 0.506. The maximum Gasteiger partial charge on any atom is 0.555 e. The second kappa shape index (κ2) is 6.87. The molecule has 0 saturated heterocycles. The van der Waals surface area contributed by atoms with Crippen molar-refractivity contribution in [1.29, 1.82) is 0 Å². The minimum Gasteiger partial charge on any atom is -0.254 e. The molecule has 0 saturated carbocycles. The Bertz CT molecular complexity index is 622. The fourth-order valence-electron chi connectivity index (χ4n) is 2.54. The summed E-state index contributed by atoms with van der Waals surface area (Å²) in [6, 6.07) is 12.4. The van der Waals surface area contributed by atoms with Gasteiger partial charge in [0.25, 0.3) is 0 Å². The molecule has 0 N–H and O–H groups in total. The van der Waals surface area contributed by atoms with Crippen molar-refractivity contribution in [3.05, 3.63) is 64.2 Å². The molecule has 1 unspecified atom stereocenters. The number of hydrogen-bond donors (Lipinski definition) is 0. The maximum atomic E-state index is 11.4. The van der Waals surface area contributed by atoms with Gasteiger partial charge in [0.2, 0.25) is 0 Å². The van der Waals surface area contributed by atoms with Gasteiger partial charge in [-0.05, 0) is 73.1 Å². The zero-order chi connectivity index (χ0) is 15.4. The predicted molar refractivity (Wildman–Crippen MR) is 88.7 cm³/mol. The lowest BCUT2D eigenvalue weighted by Crippen LogP contribution is -1.96. The molecule has 110 valence electrons. The van der Waals surface area contributed by atoms with E-state index < -0.39 is 8.03 Å². The van der Waals surface area contributed by atoms with Gasteiger partial charge in [-0.1, -0.05) is 29.8 Å². The van der Waals surface area contributed by atoms with Crippen LogP contribution in [0.25, 0.3) is 0 Å². The van der Waals surface area contributed by atoms with Crippen molar-refractivity contribution in [3.63, 3.8) is 0 Å². The fourth-order valence-corrected chi connectivity index (χ4v) is 3.03. The van der Waals surface area contributed by atoms with Gasteiger partial charge < -0.3 is 0 Å². The first-order valence-electron chi connectivity index (χ1n) is 7.28. The molecule has 2 nitrogen and oxygen atoms in total. The van der Waals surface area contributed by atoms with Gasteiger partial charge in [0.15, 0.2) is 11.9 Å². The van der Waals surface area contributed by atoms with Crippen molar-refractivity contribution in [3.8, 4) is 5.75 Å². The van der Waals surface area contributed by atoms with Crippen molar-refractivity contribution >= 4 is 8.03 Å². The molecule has 0 spiro atoms. The summed E-state index contributed by atoms with van der Waals surface area (Å²) in [5.41, 5.74) is 6.60. The van der Waals surface area contributed by atoms with E-state index in [-0.39, 0.29) is 0 Å². The second-order valence-corrected chi connectivity index (χ2v) is 6.92. The Labute approximate surface area is 128 Å². The third-order valence-electron chi connectivity index (χ3n) is 3.61. The molecule has 2 rings (SSSR count). The van der Waals surface area contributed by atoms with Gasteiger partial charge in [-0.3, -0.25) is 4.52 Å². The van der Waals surface area contributed by atoms with Crippen LogP contribution in [0.2, 0.25) is 0 Å². The van der Waals surface area contributed by atoms with Gasteiger partial charge in [0.05, 0.1) is 0 Å². The quantitative estimate of drug-likeness (QED) is 0.696. The van der Waals surface area contributed by atoms with Crippen LogP contribution in [0, 0.1) is 20.8 Å². The Balaban J connectivity index is 2.16. The van der Waals surface area contributed by atoms with Crippen molar-refractivity contribution in [2.45, 2.75) is 34.1 Å². The van der Waals surface area contributed by atoms with Gasteiger partial charge in [-0.25, -0.2) is 0 Å². The largest absolute Gasteiger partial charge is 0.555 e. The Kier molecular flexibility index (Phi) is 5.14. The molecule has 21 heavy (non-hydrogen) atoms. The third kappa shape index (κ3) is 4.15. The molecule has 1 atom stereocenters. The molecule has 0 bridgehead atoms. The highest BCUT2D eigenvalue weighted by Gasteiger charge is 2.14. The van der Waals surface area contributed by atoms with Crippen LogP contribution in [0.5, 0.6) is 5.75 Å². The number of hydrogen-bond acceptors (Lipinski definition) is 2. The van der Waals surface area contributed by atoms with Gasteiger partial charge in [-0.2, -0.15) is 0 Å². The first-order chi connectivity index (χ1) is 9.99. The fraction of sp³-hybridized carbons (Fsp3) is 0.333. The monoisotopic (exact) mass is 301 g/mol. The van der Waals surface area contributed by atoms with E-state index in [1.807, 2.05) is 31.2 Å². The third-order valence-corrected chi connectivity index (χ3v) is 4.54. The van der Waals surface area contributed by atoms with Gasteiger partial charge in [-0.15, -0.1) is 0 Å². The van der Waals surface area contributed by atoms with Crippen LogP contribution in [0.1, 0.15) is 34.7 Å². The topological polar surface area (TPSA) is 26.3 Å². The smallest absolute Gasteiger partial charge is 0.254 e. The molecule has 0 fully saturated rings. The average Bonchev–Trinajstić information content (AvgIpc) is 2.44. The van der Waals surface area contributed by atoms with Crippen LogP contribution >= 0.6 is 8.03 Å². The highest BCUT2D eigenvalue weighted by Crippen LogP contribution is 2.27. The van der Waals surface area contributed by atoms with E-state index in [2.05, 4.69) is 32.9 Å². The van der Waals surface area contributed by atoms with E-state index in [4.69, 9.17) is 4.52 Å². The summed E-state index contributed by atoms with van der Waals surface area (Å²) in [6.45, 7) is 8.32. The van der Waals surface area contributed by atoms with Crippen LogP contribution in [0.15, 0.2) is 36.4 Å². The SMILES string of the molecule is CC[P+](=O)Oc1ccc(Cc2c(C)cc(C)cc2C)cc1. The summed E-state index contributed by atoms with van der Waals surface area (Å²) >= 11 is 0. The number of rotatable bonds is 5.